The smallest absolute Gasteiger partial charge is 0.139 e. The molecular weight excluding hydrogens is 276 g/mol. The molecule has 0 saturated carbocycles. The van der Waals surface area contributed by atoms with Gasteiger partial charge in [0.15, 0.2) is 0 Å². The molecule has 102 valence electrons. The molecule has 0 unspecified atom stereocenters. The van der Waals surface area contributed by atoms with Crippen LogP contribution in [0.2, 0.25) is 0 Å². The number of halogens is 2. The normalized spacial score (nSPS) is 9.95. The molecule has 2 aromatic rings. The van der Waals surface area contributed by atoms with Gasteiger partial charge in [0, 0.05) is 22.3 Å². The van der Waals surface area contributed by atoms with Crippen LogP contribution >= 0.6 is 11.8 Å². The van der Waals surface area contributed by atoms with E-state index >= 15 is 0 Å². The van der Waals surface area contributed by atoms with Crippen molar-refractivity contribution in [1.82, 2.24) is 0 Å². The first-order chi connectivity index (χ1) is 9.69. The molecule has 0 spiro atoms. The van der Waals surface area contributed by atoms with E-state index in [1.165, 1.54) is 23.9 Å². The van der Waals surface area contributed by atoms with Gasteiger partial charge >= 0.3 is 0 Å². The lowest BCUT2D eigenvalue weighted by Crippen LogP contribution is -1.93. The minimum absolute atomic E-state index is 0.335. The molecule has 0 aromatic heterocycles. The summed E-state index contributed by atoms with van der Waals surface area (Å²) in [6.45, 7) is 0.335. The van der Waals surface area contributed by atoms with Crippen LogP contribution < -0.4 is 5.73 Å². The highest BCUT2D eigenvalue weighted by Gasteiger charge is 2.04. The summed E-state index contributed by atoms with van der Waals surface area (Å²) < 4.78 is 26.3. The van der Waals surface area contributed by atoms with E-state index in [1.807, 2.05) is 24.3 Å². The van der Waals surface area contributed by atoms with Crippen LogP contribution in [0.3, 0.4) is 0 Å². The quantitative estimate of drug-likeness (QED) is 0.690. The maximum atomic E-state index is 13.5. The second kappa shape index (κ2) is 7.09. The summed E-state index contributed by atoms with van der Waals surface area (Å²) >= 11 is 1.33. The summed E-state index contributed by atoms with van der Waals surface area (Å²) in [7, 11) is 0. The number of thioether (sulfide) groups is 1. The summed E-state index contributed by atoms with van der Waals surface area (Å²) in [5, 5.41) is 0. The van der Waals surface area contributed by atoms with Crippen molar-refractivity contribution in [3.63, 3.8) is 0 Å². The Morgan fingerprint density at radius 3 is 2.45 bits per heavy atom. The van der Waals surface area contributed by atoms with Crippen molar-refractivity contribution in [2.24, 2.45) is 5.73 Å². The third-order valence-electron chi connectivity index (χ3n) is 2.58. The molecule has 4 heteroatoms. The zero-order valence-corrected chi connectivity index (χ0v) is 11.5. The zero-order chi connectivity index (χ0) is 14.4. The van der Waals surface area contributed by atoms with Gasteiger partial charge in [-0.2, -0.15) is 0 Å². The molecule has 2 rings (SSSR count). The first kappa shape index (κ1) is 14.6. The largest absolute Gasteiger partial charge is 0.320 e. The van der Waals surface area contributed by atoms with Gasteiger partial charge in [-0.3, -0.25) is 0 Å². The molecule has 2 N–H and O–H groups in total. The molecule has 0 bridgehead atoms. The molecule has 0 aliphatic heterocycles. The molecule has 20 heavy (non-hydrogen) atoms. The van der Waals surface area contributed by atoms with Gasteiger partial charge in [0.2, 0.25) is 0 Å². The number of hydrogen-bond donors (Lipinski definition) is 1. The molecule has 0 aliphatic carbocycles. The fourth-order valence-corrected chi connectivity index (χ4v) is 2.47. The Bertz CT molecular complexity index is 642. The number of benzene rings is 2. The lowest BCUT2D eigenvalue weighted by molar-refractivity contribution is 0.565. The van der Waals surface area contributed by atoms with Gasteiger partial charge in [0.1, 0.15) is 11.6 Å². The third-order valence-corrected chi connectivity index (χ3v) is 3.70. The summed E-state index contributed by atoms with van der Waals surface area (Å²) in [5.41, 5.74) is 7.26. The molecule has 0 amide bonds. The van der Waals surface area contributed by atoms with Crippen molar-refractivity contribution in [1.29, 1.82) is 0 Å². The number of hydrogen-bond acceptors (Lipinski definition) is 2. The molecule has 1 nitrogen and oxygen atoms in total. The molecule has 0 atom stereocenters. The second-order valence-corrected chi connectivity index (χ2v) is 5.08. The van der Waals surface area contributed by atoms with Crippen LogP contribution in [0.15, 0.2) is 47.4 Å². The fourth-order valence-electron chi connectivity index (χ4n) is 1.59. The van der Waals surface area contributed by atoms with Crippen molar-refractivity contribution in [3.8, 4) is 11.8 Å². The van der Waals surface area contributed by atoms with Crippen LogP contribution in [0.25, 0.3) is 0 Å². The summed E-state index contributed by atoms with van der Waals surface area (Å²) in [6.07, 6.45) is 0. The Balaban J connectivity index is 2.00. The third kappa shape index (κ3) is 4.09. The van der Waals surface area contributed by atoms with Gasteiger partial charge in [-0.05, 0) is 29.8 Å². The van der Waals surface area contributed by atoms with Gasteiger partial charge < -0.3 is 5.73 Å². The predicted octanol–water partition coefficient (Wildman–Crippen LogP) is 3.57. The molecule has 0 fully saturated rings. The lowest BCUT2D eigenvalue weighted by atomic mass is 10.1. The maximum Gasteiger partial charge on any atom is 0.139 e. The summed E-state index contributed by atoms with van der Waals surface area (Å²) in [5.74, 6) is 5.25. The Labute approximate surface area is 121 Å². The van der Waals surface area contributed by atoms with Crippen molar-refractivity contribution in [2.45, 2.75) is 10.6 Å². The summed E-state index contributed by atoms with van der Waals surface area (Å²) in [6, 6.07) is 11.3. The monoisotopic (exact) mass is 289 g/mol. The topological polar surface area (TPSA) is 26.0 Å². The van der Waals surface area contributed by atoms with E-state index in [0.717, 1.165) is 17.2 Å². The first-order valence-corrected chi connectivity index (χ1v) is 7.03. The van der Waals surface area contributed by atoms with Crippen LogP contribution in [0.5, 0.6) is 0 Å². The van der Waals surface area contributed by atoms with E-state index in [-0.39, 0.29) is 0 Å². The molecule has 2 aromatic carbocycles. The van der Waals surface area contributed by atoms with Gasteiger partial charge in [0.25, 0.3) is 0 Å². The number of rotatable bonds is 3. The Morgan fingerprint density at radius 1 is 1.05 bits per heavy atom. The van der Waals surface area contributed by atoms with Crippen LogP contribution in [-0.2, 0) is 5.75 Å². The molecule has 0 heterocycles. The van der Waals surface area contributed by atoms with Crippen molar-refractivity contribution in [2.75, 3.05) is 6.54 Å². The second-order valence-electron chi connectivity index (χ2n) is 4.07. The highest BCUT2D eigenvalue weighted by molar-refractivity contribution is 7.98. The van der Waals surface area contributed by atoms with Gasteiger partial charge in [0.05, 0.1) is 6.54 Å². The van der Waals surface area contributed by atoms with E-state index < -0.39 is 11.6 Å². The van der Waals surface area contributed by atoms with E-state index in [9.17, 15) is 8.78 Å². The Morgan fingerprint density at radius 2 is 1.80 bits per heavy atom. The minimum atomic E-state index is -0.560. The lowest BCUT2D eigenvalue weighted by Gasteiger charge is -2.04. The highest BCUT2D eigenvalue weighted by Crippen LogP contribution is 2.26. The first-order valence-electron chi connectivity index (χ1n) is 6.05. The van der Waals surface area contributed by atoms with Crippen molar-refractivity contribution < 1.29 is 8.78 Å². The minimum Gasteiger partial charge on any atom is -0.320 e. The standard InChI is InChI=1S/C16H13F2NS/c17-14-7-8-16(15(18)10-14)20-11-13-5-3-12(4-6-13)2-1-9-19/h3-8,10H,9,11,19H2. The number of nitrogens with two attached hydrogens (primary N) is 1. The predicted molar refractivity (Wildman–Crippen MR) is 78.3 cm³/mol. The van der Waals surface area contributed by atoms with Crippen LogP contribution in [0.4, 0.5) is 8.78 Å². The molecule has 0 aliphatic rings. The van der Waals surface area contributed by atoms with Crippen molar-refractivity contribution >= 4 is 11.8 Å². The average Bonchev–Trinajstić information content (AvgIpc) is 2.45. The SMILES string of the molecule is NCC#Cc1ccc(CSc2ccc(F)cc2F)cc1. The van der Waals surface area contributed by atoms with Crippen molar-refractivity contribution in [3.05, 3.63) is 65.2 Å². The zero-order valence-electron chi connectivity index (χ0n) is 10.7. The fraction of sp³-hybridized carbons (Fsp3) is 0.125. The van der Waals surface area contributed by atoms with Gasteiger partial charge in [-0.15, -0.1) is 11.8 Å². The van der Waals surface area contributed by atoms with Crippen LogP contribution in [0, 0.1) is 23.5 Å². The van der Waals surface area contributed by atoms with Gasteiger partial charge in [-0.1, -0.05) is 24.0 Å². The highest BCUT2D eigenvalue weighted by atomic mass is 32.2. The van der Waals surface area contributed by atoms with Crippen LogP contribution in [-0.4, -0.2) is 6.54 Å². The summed E-state index contributed by atoms with van der Waals surface area (Å²) in [4.78, 5) is 0.443. The molecular formula is C16H13F2NS. The van der Waals surface area contributed by atoms with Crippen LogP contribution in [0.1, 0.15) is 11.1 Å². The Hall–Kier alpha value is -1.83. The Kier molecular flexibility index (Phi) is 5.16. The van der Waals surface area contributed by atoms with Gasteiger partial charge in [-0.25, -0.2) is 8.78 Å². The van der Waals surface area contributed by atoms with E-state index in [4.69, 9.17) is 5.73 Å². The van der Waals surface area contributed by atoms with E-state index in [0.29, 0.717) is 17.2 Å². The average molecular weight is 289 g/mol. The molecule has 0 radical (unpaired) electrons. The van der Waals surface area contributed by atoms with E-state index in [1.54, 1.807) is 0 Å². The molecule has 0 saturated heterocycles. The van der Waals surface area contributed by atoms with E-state index in [2.05, 4.69) is 11.8 Å². The maximum absolute atomic E-state index is 13.5.